The molecule has 0 spiro atoms. The maximum Gasteiger partial charge on any atom is 0.151 e. The number of hydrogen-bond donors (Lipinski definition) is 0. The second kappa shape index (κ2) is 11.2. The van der Waals surface area contributed by atoms with Crippen molar-refractivity contribution in [3.8, 4) is 5.75 Å². The summed E-state index contributed by atoms with van der Waals surface area (Å²) in [6.07, 6.45) is 8.05. The van der Waals surface area contributed by atoms with Gasteiger partial charge in [0, 0.05) is 13.1 Å². The summed E-state index contributed by atoms with van der Waals surface area (Å²) in [5, 5.41) is 12.4. The van der Waals surface area contributed by atoms with Gasteiger partial charge in [0.25, 0.3) is 0 Å². The highest BCUT2D eigenvalue weighted by atomic mass is 16.6. The minimum Gasteiger partial charge on any atom is -0.494 e. The summed E-state index contributed by atoms with van der Waals surface area (Å²) >= 11 is 0. The van der Waals surface area contributed by atoms with Crippen LogP contribution in [0.3, 0.4) is 0 Å². The molecule has 6 heteroatoms. The molecule has 1 fully saturated rings. The van der Waals surface area contributed by atoms with Crippen LogP contribution in [0.25, 0.3) is 0 Å². The van der Waals surface area contributed by atoms with Crippen molar-refractivity contribution in [2.75, 3.05) is 31.2 Å². The number of nitrogens with zero attached hydrogens (tertiary/aromatic N) is 4. The monoisotopic (exact) mass is 394 g/mol. The average molecular weight is 395 g/mol. The third-order valence-corrected chi connectivity index (χ3v) is 5.00. The van der Waals surface area contributed by atoms with Gasteiger partial charge in [0.15, 0.2) is 5.82 Å². The number of hydrogen-bond acceptors (Lipinski definition) is 6. The Bertz CT molecular complexity index is 774. The molecule has 0 N–H and O–H groups in total. The third-order valence-electron chi connectivity index (χ3n) is 5.00. The van der Waals surface area contributed by atoms with Crippen LogP contribution in [0, 0.1) is 12.8 Å². The zero-order chi connectivity index (χ0) is 20.3. The standard InChI is InChI=1S/C23H30N4O2/c1-3-15-29-24-17-20-9-11-22(12-10-20)28-16-5-7-21-6-4-14-27(18-21)23-13-8-19(2)25-26-23/h3,8-13,17,21H,1,4-7,14-16,18H2,2H3. The van der Waals surface area contributed by atoms with Gasteiger partial charge < -0.3 is 14.5 Å². The van der Waals surface area contributed by atoms with E-state index in [1.807, 2.05) is 37.3 Å². The number of aryl methyl sites for hydroxylation is 1. The summed E-state index contributed by atoms with van der Waals surface area (Å²) in [7, 11) is 0. The van der Waals surface area contributed by atoms with Crippen LogP contribution in [0.15, 0.2) is 54.2 Å². The van der Waals surface area contributed by atoms with Gasteiger partial charge in [-0.3, -0.25) is 0 Å². The van der Waals surface area contributed by atoms with Gasteiger partial charge >= 0.3 is 0 Å². The molecule has 6 nitrogen and oxygen atoms in total. The van der Waals surface area contributed by atoms with Gasteiger partial charge in [0.05, 0.1) is 18.5 Å². The van der Waals surface area contributed by atoms with Crippen LogP contribution < -0.4 is 9.64 Å². The van der Waals surface area contributed by atoms with Crippen LogP contribution in [0.1, 0.15) is 36.9 Å². The molecule has 2 heterocycles. The fourth-order valence-corrected chi connectivity index (χ4v) is 3.48. The predicted molar refractivity (Wildman–Crippen MR) is 117 cm³/mol. The van der Waals surface area contributed by atoms with Crippen molar-refractivity contribution >= 4 is 12.0 Å². The highest BCUT2D eigenvalue weighted by molar-refractivity contribution is 5.79. The van der Waals surface area contributed by atoms with E-state index in [4.69, 9.17) is 9.57 Å². The maximum absolute atomic E-state index is 5.89. The fourth-order valence-electron chi connectivity index (χ4n) is 3.48. The van der Waals surface area contributed by atoms with E-state index in [0.717, 1.165) is 48.9 Å². The number of aromatic nitrogens is 2. The Balaban J connectivity index is 1.37. The van der Waals surface area contributed by atoms with Crippen molar-refractivity contribution in [3.63, 3.8) is 0 Å². The van der Waals surface area contributed by atoms with E-state index in [1.54, 1.807) is 12.3 Å². The molecule has 1 aliphatic heterocycles. The van der Waals surface area contributed by atoms with Crippen molar-refractivity contribution in [1.29, 1.82) is 0 Å². The second-order valence-electron chi connectivity index (χ2n) is 7.37. The van der Waals surface area contributed by atoms with Gasteiger partial charge in [-0.1, -0.05) is 17.8 Å². The summed E-state index contributed by atoms with van der Waals surface area (Å²) in [6, 6.07) is 12.0. The van der Waals surface area contributed by atoms with E-state index in [2.05, 4.69) is 32.9 Å². The molecule has 0 aliphatic carbocycles. The summed E-state index contributed by atoms with van der Waals surface area (Å²) in [6.45, 7) is 8.82. The molecule has 0 amide bonds. The third kappa shape index (κ3) is 6.89. The minimum atomic E-state index is 0.412. The molecule has 1 atom stereocenters. The van der Waals surface area contributed by atoms with Crippen LogP contribution in [0.4, 0.5) is 5.82 Å². The zero-order valence-corrected chi connectivity index (χ0v) is 17.2. The molecular formula is C23H30N4O2. The molecular weight excluding hydrogens is 364 g/mol. The number of benzene rings is 1. The van der Waals surface area contributed by atoms with Gasteiger partial charge in [-0.25, -0.2) is 0 Å². The smallest absolute Gasteiger partial charge is 0.151 e. The molecule has 1 unspecified atom stereocenters. The van der Waals surface area contributed by atoms with Crippen LogP contribution in [-0.2, 0) is 4.84 Å². The maximum atomic E-state index is 5.89. The molecule has 1 aromatic carbocycles. The summed E-state index contributed by atoms with van der Waals surface area (Å²) < 4.78 is 5.89. The van der Waals surface area contributed by atoms with Gasteiger partial charge in [-0.15, -0.1) is 5.10 Å². The highest BCUT2D eigenvalue weighted by Crippen LogP contribution is 2.24. The van der Waals surface area contributed by atoms with Gasteiger partial charge in [-0.05, 0) is 80.5 Å². The molecule has 1 aliphatic rings. The lowest BCUT2D eigenvalue weighted by Gasteiger charge is -2.33. The Kier molecular flexibility index (Phi) is 8.04. The Morgan fingerprint density at radius 2 is 2.07 bits per heavy atom. The molecule has 3 rings (SSSR count). The van der Waals surface area contributed by atoms with Crippen molar-refractivity contribution in [3.05, 3.63) is 60.3 Å². The van der Waals surface area contributed by atoms with Crippen LogP contribution in [-0.4, -0.2) is 42.7 Å². The molecule has 2 aromatic rings. The second-order valence-corrected chi connectivity index (χ2v) is 7.37. The Morgan fingerprint density at radius 3 is 2.83 bits per heavy atom. The van der Waals surface area contributed by atoms with Crippen molar-refractivity contribution in [1.82, 2.24) is 10.2 Å². The van der Waals surface area contributed by atoms with Crippen molar-refractivity contribution in [2.45, 2.75) is 32.6 Å². The quantitative estimate of drug-likeness (QED) is 0.259. The predicted octanol–water partition coefficient (Wildman–Crippen LogP) is 4.40. The van der Waals surface area contributed by atoms with E-state index in [-0.39, 0.29) is 0 Å². The first-order valence-electron chi connectivity index (χ1n) is 10.3. The normalized spacial score (nSPS) is 16.7. The zero-order valence-electron chi connectivity index (χ0n) is 17.2. The number of oxime groups is 1. The fraction of sp³-hybridized carbons (Fsp3) is 0.435. The lowest BCUT2D eigenvalue weighted by molar-refractivity contribution is 0.176. The molecule has 0 saturated carbocycles. The van der Waals surface area contributed by atoms with E-state index in [9.17, 15) is 0 Å². The van der Waals surface area contributed by atoms with Gasteiger partial charge in [-0.2, -0.15) is 5.10 Å². The molecule has 0 radical (unpaired) electrons. The number of ether oxygens (including phenoxy) is 1. The van der Waals surface area contributed by atoms with Crippen LogP contribution in [0.2, 0.25) is 0 Å². The molecule has 1 saturated heterocycles. The number of anilines is 1. The molecule has 1 aromatic heterocycles. The summed E-state index contributed by atoms with van der Waals surface area (Å²) in [5.74, 6) is 2.56. The minimum absolute atomic E-state index is 0.412. The highest BCUT2D eigenvalue weighted by Gasteiger charge is 2.20. The largest absolute Gasteiger partial charge is 0.494 e. The van der Waals surface area contributed by atoms with E-state index < -0.39 is 0 Å². The van der Waals surface area contributed by atoms with E-state index >= 15 is 0 Å². The summed E-state index contributed by atoms with van der Waals surface area (Å²) in [4.78, 5) is 7.37. The SMILES string of the molecule is C=CCON=Cc1ccc(OCCCC2CCCN(c3ccc(C)nn3)C2)cc1. The van der Waals surface area contributed by atoms with Crippen LogP contribution >= 0.6 is 0 Å². The van der Waals surface area contributed by atoms with Crippen LogP contribution in [0.5, 0.6) is 5.75 Å². The first-order chi connectivity index (χ1) is 14.2. The number of piperidine rings is 1. The Labute approximate surface area is 173 Å². The van der Waals surface area contributed by atoms with E-state index in [1.165, 1.54) is 19.3 Å². The molecule has 29 heavy (non-hydrogen) atoms. The lowest BCUT2D eigenvalue weighted by atomic mass is 9.93. The van der Waals surface area contributed by atoms with Gasteiger partial charge in [0.2, 0.25) is 0 Å². The Morgan fingerprint density at radius 1 is 1.21 bits per heavy atom. The van der Waals surface area contributed by atoms with Crippen molar-refractivity contribution in [2.24, 2.45) is 11.1 Å². The Hall–Kier alpha value is -2.89. The molecule has 0 bridgehead atoms. The topological polar surface area (TPSA) is 59.8 Å². The van der Waals surface area contributed by atoms with Gasteiger partial charge in [0.1, 0.15) is 12.4 Å². The first kappa shape index (κ1) is 20.8. The van der Waals surface area contributed by atoms with Crippen molar-refractivity contribution < 1.29 is 9.57 Å². The number of rotatable bonds is 10. The first-order valence-corrected chi connectivity index (χ1v) is 10.3. The lowest BCUT2D eigenvalue weighted by Crippen LogP contribution is -2.36. The average Bonchev–Trinajstić information content (AvgIpc) is 2.76. The summed E-state index contributed by atoms with van der Waals surface area (Å²) in [5.41, 5.74) is 1.93. The molecule has 154 valence electrons. The van der Waals surface area contributed by atoms with E-state index in [0.29, 0.717) is 12.5 Å².